The molecular weight excluding hydrogens is 352 g/mol. The van der Waals surface area contributed by atoms with Crippen molar-refractivity contribution in [1.29, 1.82) is 0 Å². The van der Waals surface area contributed by atoms with Gasteiger partial charge in [-0.25, -0.2) is 4.39 Å². The number of hydrogen-bond donors (Lipinski definition) is 1. The molecule has 5 heteroatoms. The molecule has 0 aliphatic heterocycles. The van der Waals surface area contributed by atoms with Gasteiger partial charge in [-0.05, 0) is 58.7 Å². The average molecular weight is 363 g/mol. The molecule has 100 valence electrons. The predicted molar refractivity (Wildman–Crippen MR) is 82.6 cm³/mol. The third kappa shape index (κ3) is 3.62. The molecule has 2 aromatic rings. The summed E-state index contributed by atoms with van der Waals surface area (Å²) < 4.78 is 14.0. The molecule has 0 aromatic heterocycles. The van der Waals surface area contributed by atoms with E-state index in [-0.39, 0.29) is 11.1 Å². The van der Waals surface area contributed by atoms with Crippen molar-refractivity contribution in [3.63, 3.8) is 0 Å². The molecule has 0 fully saturated rings. The van der Waals surface area contributed by atoms with E-state index >= 15 is 0 Å². The molecule has 0 bridgehead atoms. The highest BCUT2D eigenvalue weighted by Crippen LogP contribution is 2.30. The van der Waals surface area contributed by atoms with Crippen LogP contribution in [-0.2, 0) is 0 Å². The van der Waals surface area contributed by atoms with E-state index in [1.165, 1.54) is 6.07 Å². The van der Waals surface area contributed by atoms with Gasteiger partial charge in [0.25, 0.3) is 0 Å². The Bertz CT molecular complexity index is 604. The fourth-order valence-corrected chi connectivity index (χ4v) is 2.43. The fraction of sp³-hybridized carbons (Fsp3) is 0.143. The Balaban J connectivity index is 2.22. The van der Waals surface area contributed by atoms with Gasteiger partial charge in [0.05, 0.1) is 10.7 Å². The SMILES string of the molecule is CC(Nc1cc(Cl)ccc1Br)c1ccc(F)c(Cl)c1. The molecule has 19 heavy (non-hydrogen) atoms. The minimum absolute atomic E-state index is 0.0205. The van der Waals surface area contributed by atoms with E-state index in [4.69, 9.17) is 23.2 Å². The molecule has 0 saturated heterocycles. The first-order valence-corrected chi connectivity index (χ1v) is 7.19. The van der Waals surface area contributed by atoms with Crippen molar-refractivity contribution in [2.45, 2.75) is 13.0 Å². The second-order valence-electron chi connectivity index (χ2n) is 4.16. The normalized spacial score (nSPS) is 12.3. The Hall–Kier alpha value is -0.770. The first-order valence-electron chi connectivity index (χ1n) is 5.64. The number of hydrogen-bond acceptors (Lipinski definition) is 1. The molecule has 0 saturated carbocycles. The quantitative estimate of drug-likeness (QED) is 0.698. The van der Waals surface area contributed by atoms with Gasteiger partial charge >= 0.3 is 0 Å². The lowest BCUT2D eigenvalue weighted by Gasteiger charge is -2.17. The van der Waals surface area contributed by atoms with Gasteiger partial charge in [0.2, 0.25) is 0 Å². The molecule has 0 radical (unpaired) electrons. The van der Waals surface area contributed by atoms with E-state index in [1.54, 1.807) is 18.2 Å². The molecule has 1 N–H and O–H groups in total. The minimum atomic E-state index is -0.415. The summed E-state index contributed by atoms with van der Waals surface area (Å²) in [7, 11) is 0. The molecule has 2 rings (SSSR count). The molecular formula is C14H11BrCl2FN. The van der Waals surface area contributed by atoms with Gasteiger partial charge in [-0.3, -0.25) is 0 Å². The molecule has 1 nitrogen and oxygen atoms in total. The summed E-state index contributed by atoms with van der Waals surface area (Å²) >= 11 is 15.2. The van der Waals surface area contributed by atoms with Gasteiger partial charge in [-0.2, -0.15) is 0 Å². The second-order valence-corrected chi connectivity index (χ2v) is 5.86. The third-order valence-electron chi connectivity index (χ3n) is 2.74. The van der Waals surface area contributed by atoms with Crippen molar-refractivity contribution in [3.05, 3.63) is 62.3 Å². The highest BCUT2D eigenvalue weighted by Gasteiger charge is 2.10. The number of benzene rings is 2. The lowest BCUT2D eigenvalue weighted by molar-refractivity contribution is 0.627. The van der Waals surface area contributed by atoms with Gasteiger partial charge in [0.1, 0.15) is 5.82 Å². The monoisotopic (exact) mass is 361 g/mol. The summed E-state index contributed by atoms with van der Waals surface area (Å²) in [6.07, 6.45) is 0. The van der Waals surface area contributed by atoms with Crippen LogP contribution in [0.25, 0.3) is 0 Å². The van der Waals surface area contributed by atoms with E-state index in [2.05, 4.69) is 21.2 Å². The van der Waals surface area contributed by atoms with Crippen LogP contribution >= 0.6 is 39.1 Å². The Morgan fingerprint density at radius 1 is 1.16 bits per heavy atom. The van der Waals surface area contributed by atoms with Crippen LogP contribution in [0.15, 0.2) is 40.9 Å². The molecule has 0 heterocycles. The van der Waals surface area contributed by atoms with Gasteiger partial charge in [-0.1, -0.05) is 29.3 Å². The summed E-state index contributed by atoms with van der Waals surface area (Å²) in [6, 6.07) is 10.2. The van der Waals surface area contributed by atoms with E-state index < -0.39 is 5.82 Å². The van der Waals surface area contributed by atoms with Crippen molar-refractivity contribution in [1.82, 2.24) is 0 Å². The van der Waals surface area contributed by atoms with Crippen LogP contribution in [0.3, 0.4) is 0 Å². The van der Waals surface area contributed by atoms with E-state index in [0.29, 0.717) is 5.02 Å². The standard InChI is InChI=1S/C14H11BrCl2FN/c1-8(9-2-5-13(18)12(17)6-9)19-14-7-10(16)3-4-11(14)15/h2-8,19H,1H3. The van der Waals surface area contributed by atoms with E-state index in [9.17, 15) is 4.39 Å². The topological polar surface area (TPSA) is 12.0 Å². The molecule has 1 unspecified atom stereocenters. The van der Waals surface area contributed by atoms with Crippen LogP contribution < -0.4 is 5.32 Å². The molecule has 0 spiro atoms. The minimum Gasteiger partial charge on any atom is -0.378 e. The fourth-order valence-electron chi connectivity index (χ4n) is 1.71. The van der Waals surface area contributed by atoms with Crippen LogP contribution in [0.5, 0.6) is 0 Å². The maximum absolute atomic E-state index is 13.1. The van der Waals surface area contributed by atoms with Crippen molar-refractivity contribution in [3.8, 4) is 0 Å². The maximum atomic E-state index is 13.1. The van der Waals surface area contributed by atoms with Gasteiger partial charge in [0, 0.05) is 15.5 Å². The number of anilines is 1. The van der Waals surface area contributed by atoms with Gasteiger partial charge < -0.3 is 5.32 Å². The number of rotatable bonds is 3. The first kappa shape index (κ1) is 14.6. The van der Waals surface area contributed by atoms with Crippen LogP contribution in [0, 0.1) is 5.82 Å². The van der Waals surface area contributed by atoms with Gasteiger partial charge in [0.15, 0.2) is 0 Å². The summed E-state index contributed by atoms with van der Waals surface area (Å²) in [4.78, 5) is 0. The largest absolute Gasteiger partial charge is 0.378 e. The summed E-state index contributed by atoms with van der Waals surface area (Å²) in [5, 5.41) is 4.07. The van der Waals surface area contributed by atoms with Crippen LogP contribution in [-0.4, -0.2) is 0 Å². The Morgan fingerprint density at radius 3 is 2.58 bits per heavy atom. The smallest absolute Gasteiger partial charge is 0.141 e. The third-order valence-corrected chi connectivity index (χ3v) is 3.96. The Kier molecular flexibility index (Phi) is 4.71. The number of nitrogens with one attached hydrogen (secondary N) is 1. The highest BCUT2D eigenvalue weighted by molar-refractivity contribution is 9.10. The van der Waals surface area contributed by atoms with E-state index in [1.807, 2.05) is 19.1 Å². The molecule has 0 aliphatic carbocycles. The van der Waals surface area contributed by atoms with Crippen molar-refractivity contribution in [2.75, 3.05) is 5.32 Å². The molecule has 2 aromatic carbocycles. The molecule has 0 aliphatic rings. The van der Waals surface area contributed by atoms with Crippen LogP contribution in [0.4, 0.5) is 10.1 Å². The van der Waals surface area contributed by atoms with Crippen LogP contribution in [0.2, 0.25) is 10.0 Å². The van der Waals surface area contributed by atoms with Crippen LogP contribution in [0.1, 0.15) is 18.5 Å². The zero-order valence-electron chi connectivity index (χ0n) is 10.1. The highest BCUT2D eigenvalue weighted by atomic mass is 79.9. The first-order chi connectivity index (χ1) is 8.97. The lowest BCUT2D eigenvalue weighted by Crippen LogP contribution is -2.07. The predicted octanol–water partition coefficient (Wildman–Crippen LogP) is 6.07. The lowest BCUT2D eigenvalue weighted by atomic mass is 10.1. The Morgan fingerprint density at radius 2 is 1.89 bits per heavy atom. The average Bonchev–Trinajstić information content (AvgIpc) is 2.37. The number of halogens is 4. The zero-order chi connectivity index (χ0) is 14.0. The zero-order valence-corrected chi connectivity index (χ0v) is 13.2. The second kappa shape index (κ2) is 6.12. The van der Waals surface area contributed by atoms with Gasteiger partial charge in [-0.15, -0.1) is 0 Å². The maximum Gasteiger partial charge on any atom is 0.141 e. The van der Waals surface area contributed by atoms with E-state index in [0.717, 1.165) is 15.7 Å². The summed E-state index contributed by atoms with van der Waals surface area (Å²) in [5.41, 5.74) is 1.78. The Labute approximate surface area is 129 Å². The van der Waals surface area contributed by atoms with Crippen molar-refractivity contribution in [2.24, 2.45) is 0 Å². The summed E-state index contributed by atoms with van der Waals surface area (Å²) in [6.45, 7) is 1.97. The summed E-state index contributed by atoms with van der Waals surface area (Å²) in [5.74, 6) is -0.415. The van der Waals surface area contributed by atoms with Crippen molar-refractivity contribution < 1.29 is 4.39 Å². The molecule has 0 amide bonds. The molecule has 1 atom stereocenters. The van der Waals surface area contributed by atoms with Crippen molar-refractivity contribution >= 4 is 44.8 Å².